The molecule has 6 nitrogen and oxygen atoms in total. The number of carbonyl (C=O) groups is 1. The molecule has 1 N–H and O–H groups in total. The first kappa shape index (κ1) is 17.9. The summed E-state index contributed by atoms with van der Waals surface area (Å²) in [5.41, 5.74) is 3.88. The van der Waals surface area contributed by atoms with Crippen molar-refractivity contribution in [2.45, 2.75) is 32.1 Å². The summed E-state index contributed by atoms with van der Waals surface area (Å²) in [4.78, 5) is 12.0. The second-order valence-corrected chi connectivity index (χ2v) is 8.34. The van der Waals surface area contributed by atoms with Gasteiger partial charge in [0.05, 0.1) is 11.9 Å². The summed E-state index contributed by atoms with van der Waals surface area (Å²) in [6.45, 7) is -0.294. The zero-order valence-electron chi connectivity index (χ0n) is 13.0. The monoisotopic (exact) mass is 401 g/mol. The molecular formula is C15H20BrN3O3S. The summed E-state index contributed by atoms with van der Waals surface area (Å²) in [7, 11) is -3.56. The zero-order chi connectivity index (χ0) is 16.9. The van der Waals surface area contributed by atoms with Crippen LogP contribution in [0.4, 0.5) is 5.69 Å². The average Bonchev–Trinajstić information content (AvgIpc) is 2.52. The quantitative estimate of drug-likeness (QED) is 0.770. The fourth-order valence-corrected chi connectivity index (χ4v) is 3.51. The van der Waals surface area contributed by atoms with Crippen LogP contribution in [0.25, 0.3) is 0 Å². The Labute approximate surface area is 145 Å². The van der Waals surface area contributed by atoms with E-state index in [-0.39, 0.29) is 6.54 Å². The molecule has 1 aliphatic carbocycles. The van der Waals surface area contributed by atoms with E-state index < -0.39 is 15.9 Å². The number of nitrogens with zero attached hydrogens (tertiary/aromatic N) is 2. The van der Waals surface area contributed by atoms with Crippen molar-refractivity contribution in [2.75, 3.05) is 17.1 Å². The molecule has 0 heterocycles. The molecule has 0 saturated heterocycles. The molecule has 1 aliphatic rings. The average molecular weight is 402 g/mol. The topological polar surface area (TPSA) is 78.8 Å². The third-order valence-corrected chi connectivity index (χ3v) is 5.24. The molecule has 1 saturated carbocycles. The van der Waals surface area contributed by atoms with E-state index in [0.717, 1.165) is 46.4 Å². The van der Waals surface area contributed by atoms with Gasteiger partial charge in [0.15, 0.2) is 0 Å². The lowest BCUT2D eigenvalue weighted by atomic mass is 9.99. The lowest BCUT2D eigenvalue weighted by Gasteiger charge is -2.21. The van der Waals surface area contributed by atoms with Gasteiger partial charge < -0.3 is 0 Å². The van der Waals surface area contributed by atoms with Gasteiger partial charge in [-0.05, 0) is 49.9 Å². The van der Waals surface area contributed by atoms with E-state index in [9.17, 15) is 13.2 Å². The Morgan fingerprint density at radius 1 is 1.22 bits per heavy atom. The molecule has 0 atom stereocenters. The van der Waals surface area contributed by atoms with Crippen LogP contribution in [-0.4, -0.2) is 32.8 Å². The van der Waals surface area contributed by atoms with Gasteiger partial charge in [0, 0.05) is 10.2 Å². The van der Waals surface area contributed by atoms with Gasteiger partial charge in [-0.25, -0.2) is 13.8 Å². The van der Waals surface area contributed by atoms with Crippen LogP contribution >= 0.6 is 15.9 Å². The Balaban J connectivity index is 2.06. The van der Waals surface area contributed by atoms with E-state index in [2.05, 4.69) is 26.5 Å². The Morgan fingerprint density at radius 2 is 1.83 bits per heavy atom. The minimum atomic E-state index is -3.56. The Morgan fingerprint density at radius 3 is 2.39 bits per heavy atom. The lowest BCUT2D eigenvalue weighted by Crippen LogP contribution is -2.39. The number of anilines is 1. The molecule has 23 heavy (non-hydrogen) atoms. The van der Waals surface area contributed by atoms with Gasteiger partial charge in [-0.3, -0.25) is 9.10 Å². The normalized spacial score (nSPS) is 15.1. The van der Waals surface area contributed by atoms with Crippen LogP contribution in [0.3, 0.4) is 0 Å². The highest BCUT2D eigenvalue weighted by Gasteiger charge is 2.20. The third-order valence-electron chi connectivity index (χ3n) is 3.57. The maximum atomic E-state index is 12.0. The van der Waals surface area contributed by atoms with Crippen LogP contribution in [0.2, 0.25) is 0 Å². The summed E-state index contributed by atoms with van der Waals surface area (Å²) in [5.74, 6) is -0.448. The number of hydrogen-bond donors (Lipinski definition) is 1. The summed E-state index contributed by atoms with van der Waals surface area (Å²) in [6, 6.07) is 6.75. The van der Waals surface area contributed by atoms with Crippen LogP contribution in [0.1, 0.15) is 32.1 Å². The predicted molar refractivity (Wildman–Crippen MR) is 95.0 cm³/mol. The van der Waals surface area contributed by atoms with E-state index in [0.29, 0.717) is 5.69 Å². The summed E-state index contributed by atoms with van der Waals surface area (Å²) in [6.07, 6.45) is 6.23. The fourth-order valence-electron chi connectivity index (χ4n) is 2.39. The number of nitrogens with one attached hydrogen (secondary N) is 1. The van der Waals surface area contributed by atoms with Crippen molar-refractivity contribution >= 4 is 43.3 Å². The number of carbonyl (C=O) groups excluding carboxylic acids is 1. The van der Waals surface area contributed by atoms with Crippen molar-refractivity contribution in [2.24, 2.45) is 5.10 Å². The van der Waals surface area contributed by atoms with Gasteiger partial charge in [-0.2, -0.15) is 5.10 Å². The van der Waals surface area contributed by atoms with E-state index in [4.69, 9.17) is 0 Å². The number of sulfonamides is 1. The van der Waals surface area contributed by atoms with Gasteiger partial charge >= 0.3 is 0 Å². The Hall–Kier alpha value is -1.41. The van der Waals surface area contributed by atoms with E-state index in [1.165, 1.54) is 6.42 Å². The van der Waals surface area contributed by atoms with Gasteiger partial charge in [0.2, 0.25) is 10.0 Å². The summed E-state index contributed by atoms with van der Waals surface area (Å²) < 4.78 is 25.8. The number of hydrogen-bond acceptors (Lipinski definition) is 4. The molecule has 0 unspecified atom stereocenters. The Bertz CT molecular complexity index is 678. The van der Waals surface area contributed by atoms with Crippen LogP contribution in [0.15, 0.2) is 33.8 Å². The summed E-state index contributed by atoms with van der Waals surface area (Å²) in [5, 5.41) is 4.11. The second kappa shape index (κ2) is 7.92. The van der Waals surface area contributed by atoms with Crippen LogP contribution in [0.5, 0.6) is 0 Å². The van der Waals surface area contributed by atoms with Gasteiger partial charge in [-0.15, -0.1) is 0 Å². The first-order chi connectivity index (χ1) is 10.9. The van der Waals surface area contributed by atoms with Crippen molar-refractivity contribution in [3.05, 3.63) is 28.7 Å². The standard InChI is InChI=1S/C15H20BrN3O3S/c1-23(21,22)19(14-9-7-12(16)8-10-14)11-15(20)18-17-13-5-3-2-4-6-13/h7-10H,2-6,11H2,1H3,(H,18,20). The maximum Gasteiger partial charge on any atom is 0.260 e. The zero-order valence-corrected chi connectivity index (χ0v) is 15.4. The molecule has 1 aromatic carbocycles. The molecule has 2 rings (SSSR count). The number of benzene rings is 1. The number of amides is 1. The predicted octanol–water partition coefficient (Wildman–Crippen LogP) is 2.65. The molecule has 0 aromatic heterocycles. The molecule has 0 spiro atoms. The van der Waals surface area contributed by atoms with Crippen LogP contribution < -0.4 is 9.73 Å². The van der Waals surface area contributed by atoms with Crippen molar-refractivity contribution in [1.82, 2.24) is 5.43 Å². The minimum Gasteiger partial charge on any atom is -0.271 e. The fraction of sp³-hybridized carbons (Fsp3) is 0.467. The molecule has 0 bridgehead atoms. The molecular weight excluding hydrogens is 382 g/mol. The number of halogens is 1. The largest absolute Gasteiger partial charge is 0.271 e. The highest BCUT2D eigenvalue weighted by atomic mass is 79.9. The van der Waals surface area contributed by atoms with Gasteiger partial charge in [0.25, 0.3) is 5.91 Å². The minimum absolute atomic E-state index is 0.294. The first-order valence-corrected chi connectivity index (χ1v) is 10.1. The molecule has 8 heteroatoms. The molecule has 0 aliphatic heterocycles. The van der Waals surface area contributed by atoms with E-state index >= 15 is 0 Å². The van der Waals surface area contributed by atoms with E-state index in [1.54, 1.807) is 24.3 Å². The highest BCUT2D eigenvalue weighted by Crippen LogP contribution is 2.20. The maximum absolute atomic E-state index is 12.0. The van der Waals surface area contributed by atoms with Gasteiger partial charge in [0.1, 0.15) is 6.54 Å². The van der Waals surface area contributed by atoms with E-state index in [1.807, 2.05) is 0 Å². The number of rotatable bonds is 5. The lowest BCUT2D eigenvalue weighted by molar-refractivity contribution is -0.119. The van der Waals surface area contributed by atoms with Crippen molar-refractivity contribution < 1.29 is 13.2 Å². The number of hydrazone groups is 1. The third kappa shape index (κ3) is 5.62. The SMILES string of the molecule is CS(=O)(=O)N(CC(=O)NN=C1CCCCC1)c1ccc(Br)cc1. The highest BCUT2D eigenvalue weighted by molar-refractivity contribution is 9.10. The molecule has 0 radical (unpaired) electrons. The Kier molecular flexibility index (Phi) is 6.17. The van der Waals surface area contributed by atoms with Crippen LogP contribution in [0, 0.1) is 0 Å². The molecule has 1 amide bonds. The molecule has 1 fully saturated rings. The van der Waals surface area contributed by atoms with Gasteiger partial charge in [-0.1, -0.05) is 22.4 Å². The summed E-state index contributed by atoms with van der Waals surface area (Å²) >= 11 is 3.30. The van der Waals surface area contributed by atoms with Crippen LogP contribution in [-0.2, 0) is 14.8 Å². The molecule has 1 aromatic rings. The first-order valence-electron chi connectivity index (χ1n) is 7.44. The van der Waals surface area contributed by atoms with Crippen molar-refractivity contribution in [1.29, 1.82) is 0 Å². The van der Waals surface area contributed by atoms with Crippen molar-refractivity contribution in [3.8, 4) is 0 Å². The van der Waals surface area contributed by atoms with Crippen molar-refractivity contribution in [3.63, 3.8) is 0 Å². The molecule has 126 valence electrons. The second-order valence-electron chi connectivity index (χ2n) is 5.52. The smallest absolute Gasteiger partial charge is 0.260 e.